The molecule has 5 nitrogen and oxygen atoms in total. The van der Waals surface area contributed by atoms with Gasteiger partial charge in [-0.3, -0.25) is 0 Å². The zero-order valence-electron chi connectivity index (χ0n) is 13.2. The van der Waals surface area contributed by atoms with Crippen LogP contribution < -0.4 is 4.74 Å². The first-order valence-corrected chi connectivity index (χ1v) is 7.01. The molecule has 0 bridgehead atoms. The van der Waals surface area contributed by atoms with Crippen LogP contribution in [0.4, 0.5) is 0 Å². The zero-order chi connectivity index (χ0) is 16.6. The summed E-state index contributed by atoms with van der Waals surface area (Å²) in [5.74, 6) is 0.188. The van der Waals surface area contributed by atoms with E-state index in [0.717, 1.165) is 11.3 Å². The number of quaternary nitrogens is 1. The van der Waals surface area contributed by atoms with Gasteiger partial charge >= 0.3 is 5.97 Å². The summed E-state index contributed by atoms with van der Waals surface area (Å²) in [6, 6.07) is 6.39. The summed E-state index contributed by atoms with van der Waals surface area (Å²) in [5, 5.41) is 13.0. The monoisotopic (exact) mass is 305 g/mol. The number of methoxy groups -OCH3 is 2. The van der Waals surface area contributed by atoms with Gasteiger partial charge in [-0.1, -0.05) is 25.3 Å². The molecule has 0 aromatic heterocycles. The van der Waals surface area contributed by atoms with Crippen LogP contribution in [0.15, 0.2) is 49.6 Å². The highest BCUT2D eigenvalue weighted by Gasteiger charge is 2.34. The molecule has 1 atom stereocenters. The minimum Gasteiger partial charge on any atom is -0.632 e. The molecule has 0 spiro atoms. The lowest BCUT2D eigenvalue weighted by atomic mass is 10.0. The second kappa shape index (κ2) is 8.36. The number of esters is 1. The molecular formula is C17H23NO4. The number of benzene rings is 1. The molecule has 1 unspecified atom stereocenters. The quantitative estimate of drug-likeness (QED) is 0.304. The maximum absolute atomic E-state index is 13.0. The van der Waals surface area contributed by atoms with Gasteiger partial charge in [0.1, 0.15) is 5.75 Å². The molecule has 0 N–H and O–H groups in total. The van der Waals surface area contributed by atoms with E-state index in [4.69, 9.17) is 9.47 Å². The van der Waals surface area contributed by atoms with Gasteiger partial charge in [0.2, 0.25) is 0 Å². The first-order valence-electron chi connectivity index (χ1n) is 7.01. The molecule has 1 aromatic carbocycles. The molecule has 22 heavy (non-hydrogen) atoms. The Kier molecular flexibility index (Phi) is 6.82. The maximum atomic E-state index is 13.0. The molecule has 1 rings (SSSR count). The van der Waals surface area contributed by atoms with Crippen LogP contribution in [0.25, 0.3) is 0 Å². The number of carbonyl (C=O) groups excluding carboxylic acids is 1. The van der Waals surface area contributed by atoms with Gasteiger partial charge in [0.15, 0.2) is 6.04 Å². The van der Waals surface area contributed by atoms with Gasteiger partial charge in [0.25, 0.3) is 0 Å². The summed E-state index contributed by atoms with van der Waals surface area (Å²) >= 11 is 0. The third-order valence-corrected chi connectivity index (χ3v) is 3.51. The molecule has 0 fully saturated rings. The van der Waals surface area contributed by atoms with Gasteiger partial charge in [-0.2, -0.15) is 0 Å². The van der Waals surface area contributed by atoms with Gasteiger partial charge < -0.3 is 19.3 Å². The number of hydroxylamine groups is 3. The molecule has 0 saturated carbocycles. The van der Waals surface area contributed by atoms with Crippen LogP contribution in [-0.2, 0) is 16.0 Å². The van der Waals surface area contributed by atoms with Crippen molar-refractivity contribution < 1.29 is 18.9 Å². The Bertz CT molecular complexity index is 500. The Morgan fingerprint density at radius 1 is 1.23 bits per heavy atom. The molecule has 1 aromatic rings. The molecule has 0 aliphatic rings. The van der Waals surface area contributed by atoms with Crippen LogP contribution in [0, 0.1) is 5.21 Å². The molecule has 0 aliphatic heterocycles. The fraction of sp³-hybridized carbons (Fsp3) is 0.353. The van der Waals surface area contributed by atoms with Crippen molar-refractivity contribution in [3.63, 3.8) is 0 Å². The average molecular weight is 305 g/mol. The Balaban J connectivity index is 3.07. The van der Waals surface area contributed by atoms with Gasteiger partial charge in [0, 0.05) is 6.42 Å². The third-order valence-electron chi connectivity index (χ3n) is 3.51. The summed E-state index contributed by atoms with van der Waals surface area (Å²) in [7, 11) is 2.87. The van der Waals surface area contributed by atoms with E-state index in [0.29, 0.717) is 0 Å². The largest absolute Gasteiger partial charge is 0.632 e. The SMILES string of the molecule is C=CC[N+]([O-])(CC=C)C(Cc1ccc(OC)cc1)C(=O)OC. The number of hydrogen-bond donors (Lipinski definition) is 0. The average Bonchev–Trinajstić information content (AvgIpc) is 2.52. The second-order valence-electron chi connectivity index (χ2n) is 4.99. The van der Waals surface area contributed by atoms with Crippen molar-refractivity contribution in [2.75, 3.05) is 27.3 Å². The lowest BCUT2D eigenvalue weighted by Gasteiger charge is -2.46. The standard InChI is InChI=1S/C17H23NO4/c1-5-11-18(20,12-6-2)16(17(19)22-4)13-14-7-9-15(21-3)10-8-14/h5-10,16H,1-2,11-13H2,3-4H3. The Morgan fingerprint density at radius 3 is 2.18 bits per heavy atom. The number of hydrogen-bond acceptors (Lipinski definition) is 4. The van der Waals surface area contributed by atoms with Crippen LogP contribution >= 0.6 is 0 Å². The number of nitrogens with zero attached hydrogens (tertiary/aromatic N) is 1. The van der Waals surface area contributed by atoms with E-state index in [-0.39, 0.29) is 19.5 Å². The molecule has 0 saturated heterocycles. The minimum absolute atomic E-state index is 0.113. The molecule has 0 radical (unpaired) electrons. The predicted octanol–water partition coefficient (Wildman–Crippen LogP) is 2.47. The van der Waals surface area contributed by atoms with Crippen molar-refractivity contribution in [3.05, 3.63) is 60.3 Å². The fourth-order valence-corrected chi connectivity index (χ4v) is 2.33. The Labute approximate surface area is 131 Å². The van der Waals surface area contributed by atoms with Crippen LogP contribution in [0.1, 0.15) is 5.56 Å². The summed E-state index contributed by atoms with van der Waals surface area (Å²) in [5.41, 5.74) is 0.864. The van der Waals surface area contributed by atoms with E-state index in [2.05, 4.69) is 13.2 Å². The Hall–Kier alpha value is -2.11. The molecule has 0 aliphatic carbocycles. The van der Waals surface area contributed by atoms with Crippen LogP contribution in [0.3, 0.4) is 0 Å². The molecule has 0 amide bonds. The maximum Gasteiger partial charge on any atom is 0.365 e. The van der Waals surface area contributed by atoms with Gasteiger partial charge in [-0.25, -0.2) is 4.79 Å². The highest BCUT2D eigenvalue weighted by molar-refractivity contribution is 5.75. The normalized spacial score (nSPS) is 12.3. The molecule has 120 valence electrons. The fourth-order valence-electron chi connectivity index (χ4n) is 2.33. The van der Waals surface area contributed by atoms with Crippen molar-refractivity contribution in [1.82, 2.24) is 0 Å². The Morgan fingerprint density at radius 2 is 1.77 bits per heavy atom. The lowest BCUT2D eigenvalue weighted by Crippen LogP contribution is -2.56. The van der Waals surface area contributed by atoms with Crippen LogP contribution in [0.2, 0.25) is 0 Å². The second-order valence-corrected chi connectivity index (χ2v) is 4.99. The van der Waals surface area contributed by atoms with Crippen molar-refractivity contribution in [1.29, 1.82) is 0 Å². The lowest BCUT2D eigenvalue weighted by molar-refractivity contribution is -0.885. The van der Waals surface area contributed by atoms with Crippen molar-refractivity contribution in [2.45, 2.75) is 12.5 Å². The third kappa shape index (κ3) is 4.44. The first-order chi connectivity index (χ1) is 10.5. The number of carbonyl (C=O) groups is 1. The summed E-state index contributed by atoms with van der Waals surface area (Å²) < 4.78 is 9.17. The molecule has 0 heterocycles. The van der Waals surface area contributed by atoms with E-state index in [1.54, 1.807) is 19.2 Å². The molecular weight excluding hydrogens is 282 g/mol. The zero-order valence-corrected chi connectivity index (χ0v) is 13.2. The van der Waals surface area contributed by atoms with E-state index >= 15 is 0 Å². The van der Waals surface area contributed by atoms with E-state index < -0.39 is 16.7 Å². The smallest absolute Gasteiger partial charge is 0.365 e. The summed E-state index contributed by atoms with van der Waals surface area (Å²) in [6.45, 7) is 7.44. The van der Waals surface area contributed by atoms with E-state index in [1.165, 1.54) is 19.3 Å². The van der Waals surface area contributed by atoms with Gasteiger partial charge in [0.05, 0.1) is 27.3 Å². The molecule has 5 heteroatoms. The minimum atomic E-state index is -0.866. The van der Waals surface area contributed by atoms with Crippen molar-refractivity contribution >= 4 is 5.97 Å². The highest BCUT2D eigenvalue weighted by atomic mass is 16.6. The first kappa shape index (κ1) is 17.9. The predicted molar refractivity (Wildman–Crippen MR) is 86.3 cm³/mol. The van der Waals surface area contributed by atoms with E-state index in [1.807, 2.05) is 12.1 Å². The summed E-state index contributed by atoms with van der Waals surface area (Å²) in [4.78, 5) is 12.1. The topological polar surface area (TPSA) is 58.6 Å². The van der Waals surface area contributed by atoms with Crippen molar-refractivity contribution in [2.24, 2.45) is 0 Å². The van der Waals surface area contributed by atoms with Gasteiger partial charge in [-0.05, 0) is 29.8 Å². The van der Waals surface area contributed by atoms with Gasteiger partial charge in [-0.15, -0.1) is 0 Å². The highest BCUT2D eigenvalue weighted by Crippen LogP contribution is 2.20. The summed E-state index contributed by atoms with van der Waals surface area (Å²) in [6.07, 6.45) is 3.31. The number of rotatable bonds is 9. The van der Waals surface area contributed by atoms with Crippen LogP contribution in [-0.4, -0.2) is 44.0 Å². The van der Waals surface area contributed by atoms with Crippen LogP contribution in [0.5, 0.6) is 5.75 Å². The number of ether oxygens (including phenoxy) is 2. The van der Waals surface area contributed by atoms with E-state index in [9.17, 15) is 10.0 Å². The van der Waals surface area contributed by atoms with Crippen molar-refractivity contribution in [3.8, 4) is 5.75 Å².